The second-order valence-electron chi connectivity index (χ2n) is 5.91. The van der Waals surface area contributed by atoms with Gasteiger partial charge in [-0.05, 0) is 50.2 Å². The van der Waals surface area contributed by atoms with Crippen molar-refractivity contribution < 1.29 is 18.0 Å². The van der Waals surface area contributed by atoms with Crippen LogP contribution in [0.15, 0.2) is 53.4 Å². The molecule has 0 aliphatic heterocycles. The Bertz CT molecular complexity index is 917. The molecule has 0 aliphatic rings. The number of nitrogens with one attached hydrogen (secondary N) is 1. The van der Waals surface area contributed by atoms with Gasteiger partial charge >= 0.3 is 0 Å². The first kappa shape index (κ1) is 20.6. The van der Waals surface area contributed by atoms with E-state index in [1.807, 2.05) is 13.8 Å². The Hall–Kier alpha value is -2.67. The second kappa shape index (κ2) is 8.81. The van der Waals surface area contributed by atoms with Gasteiger partial charge in [0.2, 0.25) is 0 Å². The number of carbonyl (C=O) groups is 2. The van der Waals surface area contributed by atoms with Crippen molar-refractivity contribution in [1.29, 1.82) is 0 Å². The predicted molar refractivity (Wildman–Crippen MR) is 106 cm³/mol. The Kier molecular flexibility index (Phi) is 6.74. The Morgan fingerprint density at radius 1 is 0.926 bits per heavy atom. The Labute approximate surface area is 160 Å². The van der Waals surface area contributed by atoms with Crippen LogP contribution >= 0.6 is 0 Å². The molecule has 2 aromatic rings. The van der Waals surface area contributed by atoms with E-state index in [9.17, 15) is 18.0 Å². The summed E-state index contributed by atoms with van der Waals surface area (Å²) in [6.45, 7) is 6.61. The SMILES string of the molecule is CCN(CC)C(=O)c1ccc(NC(=O)c2ccccc2S(=O)(=O)CC)cc1. The van der Waals surface area contributed by atoms with Gasteiger partial charge in [-0.15, -0.1) is 0 Å². The molecule has 0 bridgehead atoms. The van der Waals surface area contributed by atoms with Crippen molar-refractivity contribution in [2.45, 2.75) is 25.7 Å². The molecule has 0 saturated heterocycles. The number of rotatable bonds is 7. The molecule has 0 aromatic heterocycles. The highest BCUT2D eigenvalue weighted by molar-refractivity contribution is 7.91. The van der Waals surface area contributed by atoms with E-state index in [1.165, 1.54) is 19.1 Å². The molecule has 27 heavy (non-hydrogen) atoms. The fourth-order valence-corrected chi connectivity index (χ4v) is 3.76. The molecule has 0 atom stereocenters. The fraction of sp³-hybridized carbons (Fsp3) is 0.300. The highest BCUT2D eigenvalue weighted by atomic mass is 32.2. The average Bonchev–Trinajstić information content (AvgIpc) is 2.69. The number of anilines is 1. The minimum Gasteiger partial charge on any atom is -0.339 e. The molecule has 1 N–H and O–H groups in total. The molecule has 2 aromatic carbocycles. The molecular weight excluding hydrogens is 364 g/mol. The van der Waals surface area contributed by atoms with Crippen molar-refractivity contribution in [1.82, 2.24) is 4.90 Å². The summed E-state index contributed by atoms with van der Waals surface area (Å²) in [5, 5.41) is 2.69. The first-order valence-corrected chi connectivity index (χ1v) is 10.5. The molecule has 0 unspecified atom stereocenters. The molecule has 6 nitrogen and oxygen atoms in total. The summed E-state index contributed by atoms with van der Waals surface area (Å²) in [6.07, 6.45) is 0. The third kappa shape index (κ3) is 4.74. The van der Waals surface area contributed by atoms with Gasteiger partial charge in [-0.3, -0.25) is 9.59 Å². The van der Waals surface area contributed by atoms with Crippen molar-refractivity contribution in [3.05, 3.63) is 59.7 Å². The maximum atomic E-state index is 12.6. The fourth-order valence-electron chi connectivity index (χ4n) is 2.67. The standard InChI is InChI=1S/C20H24N2O4S/c1-4-22(5-2)20(24)15-11-13-16(14-12-15)21-19(23)17-9-7-8-10-18(17)27(25,26)6-3/h7-14H,4-6H2,1-3H3,(H,21,23). The summed E-state index contributed by atoms with van der Waals surface area (Å²) in [5.41, 5.74) is 1.12. The van der Waals surface area contributed by atoms with Crippen molar-refractivity contribution in [2.24, 2.45) is 0 Å². The first-order valence-electron chi connectivity index (χ1n) is 8.86. The number of amides is 2. The largest absolute Gasteiger partial charge is 0.339 e. The summed E-state index contributed by atoms with van der Waals surface area (Å²) >= 11 is 0. The number of carbonyl (C=O) groups excluding carboxylic acids is 2. The molecule has 0 spiro atoms. The van der Waals surface area contributed by atoms with Crippen LogP contribution in [0.3, 0.4) is 0 Å². The number of hydrogen-bond acceptors (Lipinski definition) is 4. The molecule has 2 rings (SSSR count). The van der Waals surface area contributed by atoms with E-state index in [0.717, 1.165) is 0 Å². The predicted octanol–water partition coefficient (Wildman–Crippen LogP) is 3.21. The van der Waals surface area contributed by atoms with Crippen LogP contribution in [0.25, 0.3) is 0 Å². The van der Waals surface area contributed by atoms with Crippen molar-refractivity contribution in [3.8, 4) is 0 Å². The van der Waals surface area contributed by atoms with E-state index in [1.54, 1.807) is 41.3 Å². The van der Waals surface area contributed by atoms with Crippen LogP contribution in [0.1, 0.15) is 41.5 Å². The van der Waals surface area contributed by atoms with Crippen molar-refractivity contribution >= 4 is 27.3 Å². The lowest BCUT2D eigenvalue weighted by molar-refractivity contribution is 0.0773. The number of nitrogens with zero attached hydrogens (tertiary/aromatic N) is 1. The van der Waals surface area contributed by atoms with Crippen LogP contribution in [0.4, 0.5) is 5.69 Å². The lowest BCUT2D eigenvalue weighted by atomic mass is 10.1. The molecule has 144 valence electrons. The molecule has 0 fully saturated rings. The van der Waals surface area contributed by atoms with Crippen LogP contribution in [-0.4, -0.2) is 44.0 Å². The Morgan fingerprint density at radius 2 is 1.52 bits per heavy atom. The highest BCUT2D eigenvalue weighted by Gasteiger charge is 2.20. The van der Waals surface area contributed by atoms with Gasteiger partial charge in [-0.2, -0.15) is 0 Å². The summed E-state index contributed by atoms with van der Waals surface area (Å²) < 4.78 is 24.4. The van der Waals surface area contributed by atoms with Gasteiger partial charge in [0.25, 0.3) is 11.8 Å². The zero-order chi connectivity index (χ0) is 20.0. The van der Waals surface area contributed by atoms with Gasteiger partial charge in [0.1, 0.15) is 0 Å². The van der Waals surface area contributed by atoms with Crippen LogP contribution < -0.4 is 5.32 Å². The minimum atomic E-state index is -3.51. The first-order chi connectivity index (χ1) is 12.8. The lowest BCUT2D eigenvalue weighted by Crippen LogP contribution is -2.30. The van der Waals surface area contributed by atoms with Gasteiger partial charge in [0.15, 0.2) is 9.84 Å². The third-order valence-electron chi connectivity index (χ3n) is 4.29. The van der Waals surface area contributed by atoms with Crippen molar-refractivity contribution in [3.63, 3.8) is 0 Å². The molecule has 0 aliphatic carbocycles. The van der Waals surface area contributed by atoms with Crippen molar-refractivity contribution in [2.75, 3.05) is 24.2 Å². The summed E-state index contributed by atoms with van der Waals surface area (Å²) in [5.74, 6) is -0.665. The van der Waals surface area contributed by atoms with Crippen LogP contribution in [0, 0.1) is 0 Å². The normalized spacial score (nSPS) is 11.1. The van der Waals surface area contributed by atoms with E-state index >= 15 is 0 Å². The smallest absolute Gasteiger partial charge is 0.256 e. The van der Waals surface area contributed by atoms with Crippen LogP contribution in [0.5, 0.6) is 0 Å². The lowest BCUT2D eigenvalue weighted by Gasteiger charge is -2.18. The van der Waals surface area contributed by atoms with Gasteiger partial charge in [0, 0.05) is 24.3 Å². The van der Waals surface area contributed by atoms with Gasteiger partial charge < -0.3 is 10.2 Å². The third-order valence-corrected chi connectivity index (χ3v) is 6.07. The monoisotopic (exact) mass is 388 g/mol. The molecule has 0 saturated carbocycles. The zero-order valence-electron chi connectivity index (χ0n) is 15.7. The van der Waals surface area contributed by atoms with Gasteiger partial charge in [-0.1, -0.05) is 19.1 Å². The molecular formula is C20H24N2O4S. The number of benzene rings is 2. The summed E-state index contributed by atoms with van der Waals surface area (Å²) in [6, 6.07) is 12.7. The minimum absolute atomic E-state index is 0.0123. The molecule has 2 amide bonds. The van der Waals surface area contributed by atoms with Gasteiger partial charge in [0.05, 0.1) is 16.2 Å². The maximum Gasteiger partial charge on any atom is 0.256 e. The maximum absolute atomic E-state index is 12.6. The number of sulfone groups is 1. The molecule has 0 radical (unpaired) electrons. The second-order valence-corrected chi connectivity index (χ2v) is 8.16. The zero-order valence-corrected chi connectivity index (χ0v) is 16.5. The quantitative estimate of drug-likeness (QED) is 0.789. The Morgan fingerprint density at radius 3 is 2.07 bits per heavy atom. The van der Waals surface area contributed by atoms with Gasteiger partial charge in [-0.25, -0.2) is 8.42 Å². The van der Waals surface area contributed by atoms with Crippen LogP contribution in [0.2, 0.25) is 0 Å². The molecule has 7 heteroatoms. The summed E-state index contributed by atoms with van der Waals surface area (Å²) in [7, 11) is -3.51. The van der Waals surface area contributed by atoms with E-state index in [0.29, 0.717) is 24.3 Å². The number of hydrogen-bond donors (Lipinski definition) is 1. The topological polar surface area (TPSA) is 83.6 Å². The summed E-state index contributed by atoms with van der Waals surface area (Å²) in [4.78, 5) is 26.6. The molecule has 0 heterocycles. The van der Waals surface area contributed by atoms with E-state index in [-0.39, 0.29) is 22.1 Å². The van der Waals surface area contributed by atoms with E-state index in [4.69, 9.17) is 0 Å². The van der Waals surface area contributed by atoms with Crippen LogP contribution in [-0.2, 0) is 9.84 Å². The van der Waals surface area contributed by atoms with E-state index < -0.39 is 15.7 Å². The highest BCUT2D eigenvalue weighted by Crippen LogP contribution is 2.19. The van der Waals surface area contributed by atoms with E-state index in [2.05, 4.69) is 5.32 Å². The average molecular weight is 388 g/mol. The Balaban J connectivity index is 2.22.